The van der Waals surface area contributed by atoms with E-state index in [9.17, 15) is 19.1 Å². The van der Waals surface area contributed by atoms with Gasteiger partial charge in [-0.05, 0) is 41.8 Å². The van der Waals surface area contributed by atoms with Crippen LogP contribution in [0.15, 0.2) is 42.5 Å². The zero-order valence-electron chi connectivity index (χ0n) is 14.8. The summed E-state index contributed by atoms with van der Waals surface area (Å²) in [7, 11) is 1.32. The predicted octanol–water partition coefficient (Wildman–Crippen LogP) is 2.89. The monoisotopic (exact) mass is 373 g/mol. The molecule has 1 aliphatic heterocycles. The Labute approximate surface area is 155 Å². The number of amides is 1. The largest absolute Gasteiger partial charge is 0.494 e. The van der Waals surface area contributed by atoms with E-state index in [-0.39, 0.29) is 17.2 Å². The highest BCUT2D eigenvalue weighted by Gasteiger charge is 2.25. The minimum atomic E-state index is -1.38. The maximum atomic E-state index is 13.9. The molecule has 0 aliphatic carbocycles. The van der Waals surface area contributed by atoms with Crippen LogP contribution in [0, 0.1) is 5.82 Å². The Morgan fingerprint density at radius 1 is 1.30 bits per heavy atom. The molecule has 2 unspecified atom stereocenters. The smallest absolute Gasteiger partial charge is 0.330 e. The molecular weight excluding hydrogens is 353 g/mol. The van der Waals surface area contributed by atoms with Gasteiger partial charge in [-0.2, -0.15) is 0 Å². The maximum Gasteiger partial charge on any atom is 0.330 e. The summed E-state index contributed by atoms with van der Waals surface area (Å²) in [5.41, 5.74) is 1.44. The fourth-order valence-corrected chi connectivity index (χ4v) is 3.10. The van der Waals surface area contributed by atoms with E-state index >= 15 is 0 Å². The molecule has 0 aromatic heterocycles. The zero-order valence-corrected chi connectivity index (χ0v) is 14.8. The summed E-state index contributed by atoms with van der Waals surface area (Å²) in [4.78, 5) is 24.2. The summed E-state index contributed by atoms with van der Waals surface area (Å²) in [6, 6.07) is 9.43. The Morgan fingerprint density at radius 3 is 2.74 bits per heavy atom. The molecule has 7 heteroatoms. The second-order valence-electron chi connectivity index (χ2n) is 6.32. The van der Waals surface area contributed by atoms with Crippen molar-refractivity contribution in [1.82, 2.24) is 5.32 Å². The normalized spacial score (nSPS) is 17.3. The van der Waals surface area contributed by atoms with Crippen LogP contribution >= 0.6 is 0 Å². The Hall–Kier alpha value is -2.93. The summed E-state index contributed by atoms with van der Waals surface area (Å²) >= 11 is 0. The highest BCUT2D eigenvalue weighted by Crippen LogP contribution is 2.26. The molecule has 0 saturated carbocycles. The van der Waals surface area contributed by atoms with Crippen molar-refractivity contribution in [2.45, 2.75) is 18.4 Å². The molecule has 3 rings (SSSR count). The molecule has 1 fully saturated rings. The zero-order chi connectivity index (χ0) is 19.4. The molecule has 6 nitrogen and oxygen atoms in total. The van der Waals surface area contributed by atoms with E-state index in [1.807, 2.05) is 6.07 Å². The van der Waals surface area contributed by atoms with Crippen molar-refractivity contribution in [3.63, 3.8) is 0 Å². The summed E-state index contributed by atoms with van der Waals surface area (Å²) < 4.78 is 24.1. The predicted molar refractivity (Wildman–Crippen MR) is 95.4 cm³/mol. The number of carboxylic acids is 1. The first-order chi connectivity index (χ1) is 13.0. The number of ether oxygens (including phenoxy) is 2. The van der Waals surface area contributed by atoms with E-state index in [0.717, 1.165) is 18.1 Å². The average molecular weight is 373 g/mol. The molecular formula is C20H20FNO5. The summed E-state index contributed by atoms with van der Waals surface area (Å²) in [5.74, 6) is -2.30. The molecule has 2 N–H and O–H groups in total. The van der Waals surface area contributed by atoms with Crippen LogP contribution in [0.25, 0.3) is 0 Å². The summed E-state index contributed by atoms with van der Waals surface area (Å²) in [6.07, 6.45) is 0.883. The molecule has 0 radical (unpaired) electrons. The number of methoxy groups -OCH3 is 1. The van der Waals surface area contributed by atoms with Crippen LogP contribution < -0.4 is 10.1 Å². The third kappa shape index (κ3) is 4.25. The van der Waals surface area contributed by atoms with Gasteiger partial charge in [0.25, 0.3) is 5.91 Å². The number of carbonyl (C=O) groups excluding carboxylic acids is 1. The molecule has 1 aliphatic rings. The van der Waals surface area contributed by atoms with Crippen molar-refractivity contribution in [2.24, 2.45) is 0 Å². The third-order valence-electron chi connectivity index (χ3n) is 4.58. The van der Waals surface area contributed by atoms with Crippen molar-refractivity contribution in [1.29, 1.82) is 0 Å². The number of hydrogen-bond donors (Lipinski definition) is 2. The highest BCUT2D eigenvalue weighted by molar-refractivity contribution is 5.97. The van der Waals surface area contributed by atoms with Gasteiger partial charge in [-0.15, -0.1) is 0 Å². The molecule has 1 saturated heterocycles. The van der Waals surface area contributed by atoms with Crippen molar-refractivity contribution in [2.75, 3.05) is 20.3 Å². The van der Waals surface area contributed by atoms with Crippen molar-refractivity contribution in [3.8, 4) is 5.75 Å². The summed E-state index contributed by atoms with van der Waals surface area (Å²) in [6.45, 7) is 1.29. The van der Waals surface area contributed by atoms with Gasteiger partial charge in [0, 0.05) is 18.1 Å². The lowest BCUT2D eigenvalue weighted by Crippen LogP contribution is -2.33. The van der Waals surface area contributed by atoms with Gasteiger partial charge in [-0.3, -0.25) is 4.79 Å². The van der Waals surface area contributed by atoms with Crippen LogP contribution in [0.4, 0.5) is 4.39 Å². The Bertz CT molecular complexity index is 848. The fourth-order valence-electron chi connectivity index (χ4n) is 3.10. The lowest BCUT2D eigenvalue weighted by atomic mass is 9.96. The van der Waals surface area contributed by atoms with Gasteiger partial charge in [0.1, 0.15) is 0 Å². The van der Waals surface area contributed by atoms with Crippen LogP contribution in [0.3, 0.4) is 0 Å². The van der Waals surface area contributed by atoms with E-state index in [2.05, 4.69) is 5.32 Å². The van der Waals surface area contributed by atoms with Gasteiger partial charge in [0.05, 0.1) is 13.7 Å². The van der Waals surface area contributed by atoms with Gasteiger partial charge in [-0.25, -0.2) is 9.18 Å². The number of rotatable bonds is 6. The van der Waals surface area contributed by atoms with Gasteiger partial charge >= 0.3 is 5.97 Å². The van der Waals surface area contributed by atoms with E-state index in [0.29, 0.717) is 18.8 Å². The first-order valence-corrected chi connectivity index (χ1v) is 8.54. The fraction of sp³-hybridized carbons (Fsp3) is 0.300. The maximum absolute atomic E-state index is 13.9. The van der Waals surface area contributed by atoms with Crippen LogP contribution in [-0.2, 0) is 9.53 Å². The van der Waals surface area contributed by atoms with E-state index in [1.165, 1.54) is 19.2 Å². The second-order valence-corrected chi connectivity index (χ2v) is 6.32. The van der Waals surface area contributed by atoms with Gasteiger partial charge < -0.3 is 19.9 Å². The first kappa shape index (κ1) is 18.8. The van der Waals surface area contributed by atoms with Gasteiger partial charge in [0.2, 0.25) is 0 Å². The minimum Gasteiger partial charge on any atom is -0.494 e. The lowest BCUT2D eigenvalue weighted by molar-refractivity contribution is -0.139. The number of nitrogens with one attached hydrogen (secondary N) is 1. The molecule has 0 bridgehead atoms. The molecule has 142 valence electrons. The second kappa shape index (κ2) is 8.18. The van der Waals surface area contributed by atoms with Gasteiger partial charge in [0.15, 0.2) is 17.6 Å². The van der Waals surface area contributed by atoms with Crippen molar-refractivity contribution >= 4 is 11.9 Å². The summed E-state index contributed by atoms with van der Waals surface area (Å²) in [5, 5.41) is 11.9. The SMILES string of the molecule is COc1ccc(C(NC(=O)c2cccc(C3CCOC3)c2)C(=O)O)cc1F. The van der Waals surface area contributed by atoms with Crippen molar-refractivity contribution < 1.29 is 28.6 Å². The van der Waals surface area contributed by atoms with Gasteiger partial charge in [-0.1, -0.05) is 18.2 Å². The average Bonchev–Trinajstić information content (AvgIpc) is 3.20. The topological polar surface area (TPSA) is 84.9 Å². The third-order valence-corrected chi connectivity index (χ3v) is 4.58. The molecule has 2 aromatic rings. The molecule has 1 heterocycles. The Balaban J connectivity index is 1.80. The van der Waals surface area contributed by atoms with E-state index in [4.69, 9.17) is 9.47 Å². The van der Waals surface area contributed by atoms with Crippen LogP contribution in [-0.4, -0.2) is 37.3 Å². The Morgan fingerprint density at radius 2 is 2.11 bits per heavy atom. The number of carbonyl (C=O) groups is 2. The minimum absolute atomic E-state index is 0.000647. The van der Waals surface area contributed by atoms with E-state index < -0.39 is 23.7 Å². The molecule has 0 spiro atoms. The highest BCUT2D eigenvalue weighted by atomic mass is 19.1. The lowest BCUT2D eigenvalue weighted by Gasteiger charge is -2.16. The number of halogens is 1. The number of aliphatic carboxylic acids is 1. The molecule has 2 aromatic carbocycles. The van der Waals surface area contributed by atoms with Crippen LogP contribution in [0.2, 0.25) is 0 Å². The van der Waals surface area contributed by atoms with Crippen LogP contribution in [0.1, 0.15) is 39.9 Å². The van der Waals surface area contributed by atoms with E-state index in [1.54, 1.807) is 18.2 Å². The quantitative estimate of drug-likeness (QED) is 0.813. The van der Waals surface area contributed by atoms with Crippen LogP contribution in [0.5, 0.6) is 5.75 Å². The number of carboxylic acid groups (broad SMARTS) is 1. The van der Waals surface area contributed by atoms with Crippen molar-refractivity contribution in [3.05, 3.63) is 65.0 Å². The molecule has 27 heavy (non-hydrogen) atoms. The number of hydrogen-bond acceptors (Lipinski definition) is 4. The Kier molecular flexibility index (Phi) is 5.71. The molecule has 1 amide bonds. The number of benzene rings is 2. The first-order valence-electron chi connectivity index (χ1n) is 8.54. The molecule has 2 atom stereocenters. The standard InChI is InChI=1S/C20H20FNO5/c1-26-17-6-5-13(10-16(17)21)18(20(24)25)22-19(23)14-4-2-3-12(9-14)15-7-8-27-11-15/h2-6,9-10,15,18H,7-8,11H2,1H3,(H,22,23)(H,24,25).